The molecule has 2 N–H and O–H groups in total. The van der Waals surface area contributed by atoms with Crippen molar-refractivity contribution in [3.63, 3.8) is 0 Å². The van der Waals surface area contributed by atoms with E-state index in [4.69, 9.17) is 11.6 Å². The van der Waals surface area contributed by atoms with E-state index >= 15 is 0 Å². The topological polar surface area (TPSA) is 157 Å². The second-order valence-electron chi connectivity index (χ2n) is 13.1. The Morgan fingerprint density at radius 1 is 0.808 bits per heavy atom. The highest BCUT2D eigenvalue weighted by Gasteiger charge is 2.45. The van der Waals surface area contributed by atoms with Crippen LogP contribution in [0.3, 0.4) is 0 Å². The van der Waals surface area contributed by atoms with Crippen LogP contribution < -0.4 is 10.6 Å². The molecule has 11 nitrogen and oxygen atoms in total. The Bertz CT molecular complexity index is 2360. The summed E-state index contributed by atoms with van der Waals surface area (Å²) in [6, 6.07) is 18.5. The maximum absolute atomic E-state index is 14.0. The minimum atomic E-state index is -4.42. The van der Waals surface area contributed by atoms with Gasteiger partial charge in [0.05, 0.1) is 28.0 Å². The van der Waals surface area contributed by atoms with Gasteiger partial charge in [-0.15, -0.1) is 0 Å². The number of anilines is 2. The van der Waals surface area contributed by atoms with Crippen molar-refractivity contribution >= 4 is 65.5 Å². The number of sulfone groups is 2. The molecule has 5 aromatic rings. The van der Waals surface area contributed by atoms with Crippen molar-refractivity contribution in [2.75, 3.05) is 10.6 Å². The molecule has 2 aromatic heterocycles. The summed E-state index contributed by atoms with van der Waals surface area (Å²) in [5.41, 5.74) is 1.84. The number of pyridine rings is 1. The molecule has 0 radical (unpaired) electrons. The molecule has 0 spiro atoms. The SMILES string of the molecule is CC(C)(C(=O)Nc1cnc2ccccc2c1)S(=O)(=O)c1ccc(F)cc1F.CC(C)c1cc(NC(=O)C(C)(C)S(=O)(=O)c2ccc(Cl)cc2)n(C)n1. The number of nitrogens with zero attached hydrogens (tertiary/aromatic N) is 3. The third kappa shape index (κ3) is 8.16. The molecule has 0 bridgehead atoms. The highest BCUT2D eigenvalue weighted by atomic mass is 35.5. The highest BCUT2D eigenvalue weighted by molar-refractivity contribution is 7.94. The van der Waals surface area contributed by atoms with E-state index in [9.17, 15) is 35.2 Å². The van der Waals surface area contributed by atoms with Gasteiger partial charge in [-0.25, -0.2) is 25.6 Å². The number of nitrogens with one attached hydrogen (secondary N) is 2. The molecule has 5 rings (SSSR count). The van der Waals surface area contributed by atoms with Gasteiger partial charge in [-0.3, -0.25) is 19.3 Å². The molecule has 16 heteroatoms. The van der Waals surface area contributed by atoms with Crippen molar-refractivity contribution in [2.24, 2.45) is 7.05 Å². The number of carbonyl (C=O) groups excluding carboxylic acids is 2. The van der Waals surface area contributed by atoms with Crippen LogP contribution in [0.2, 0.25) is 5.02 Å². The van der Waals surface area contributed by atoms with E-state index in [1.807, 2.05) is 19.9 Å². The molecule has 276 valence electrons. The number of fused-ring (bicyclic) bond motifs is 1. The monoisotopic (exact) mass is 773 g/mol. The Kier molecular flexibility index (Phi) is 11.6. The minimum Gasteiger partial charge on any atom is -0.323 e. The lowest BCUT2D eigenvalue weighted by Crippen LogP contribution is -2.44. The van der Waals surface area contributed by atoms with Crippen LogP contribution in [0, 0.1) is 11.6 Å². The Morgan fingerprint density at radius 3 is 2.00 bits per heavy atom. The molecule has 2 heterocycles. The van der Waals surface area contributed by atoms with E-state index in [0.29, 0.717) is 22.6 Å². The zero-order valence-electron chi connectivity index (χ0n) is 29.4. The van der Waals surface area contributed by atoms with E-state index in [0.717, 1.165) is 42.6 Å². The number of hydrogen-bond donors (Lipinski definition) is 2. The first-order valence-corrected chi connectivity index (χ1v) is 19.2. The van der Waals surface area contributed by atoms with Gasteiger partial charge < -0.3 is 10.6 Å². The molecule has 0 aliphatic heterocycles. The van der Waals surface area contributed by atoms with Gasteiger partial charge in [-0.1, -0.05) is 43.6 Å². The molecule has 0 aliphatic carbocycles. The van der Waals surface area contributed by atoms with Gasteiger partial charge in [0.2, 0.25) is 11.8 Å². The summed E-state index contributed by atoms with van der Waals surface area (Å²) in [7, 11) is -6.62. The average Bonchev–Trinajstić information content (AvgIpc) is 3.44. The maximum Gasteiger partial charge on any atom is 0.246 e. The smallest absolute Gasteiger partial charge is 0.246 e. The molecule has 52 heavy (non-hydrogen) atoms. The first kappa shape index (κ1) is 40.0. The largest absolute Gasteiger partial charge is 0.323 e. The molecule has 0 aliphatic rings. The van der Waals surface area contributed by atoms with Crippen LogP contribution in [-0.2, 0) is 36.3 Å². The number of halogens is 3. The van der Waals surface area contributed by atoms with Crippen LogP contribution in [0.15, 0.2) is 94.9 Å². The predicted molar refractivity (Wildman–Crippen MR) is 197 cm³/mol. The second kappa shape index (κ2) is 15.1. The van der Waals surface area contributed by atoms with Crippen LogP contribution in [-0.4, -0.2) is 52.9 Å². The van der Waals surface area contributed by atoms with Crippen LogP contribution in [0.1, 0.15) is 53.2 Å². The van der Waals surface area contributed by atoms with Crippen molar-refractivity contribution in [3.8, 4) is 0 Å². The number of aromatic nitrogens is 3. The number of rotatable bonds is 9. The summed E-state index contributed by atoms with van der Waals surface area (Å²) in [5.74, 6) is -2.99. The third-order valence-electron chi connectivity index (χ3n) is 8.32. The van der Waals surface area contributed by atoms with E-state index in [1.54, 1.807) is 37.4 Å². The highest BCUT2D eigenvalue weighted by Crippen LogP contribution is 2.31. The zero-order valence-corrected chi connectivity index (χ0v) is 31.8. The Hall–Kier alpha value is -4.73. The lowest BCUT2D eigenvalue weighted by molar-refractivity contribution is -0.118. The van der Waals surface area contributed by atoms with Crippen LogP contribution in [0.5, 0.6) is 0 Å². The van der Waals surface area contributed by atoms with Crippen LogP contribution in [0.4, 0.5) is 20.3 Å². The summed E-state index contributed by atoms with van der Waals surface area (Å²) in [6.45, 7) is 9.06. The fourth-order valence-corrected chi connectivity index (χ4v) is 7.61. The van der Waals surface area contributed by atoms with Gasteiger partial charge in [-0.05, 0) is 82.1 Å². The van der Waals surface area contributed by atoms with E-state index < -0.39 is 57.5 Å². The van der Waals surface area contributed by atoms with Crippen LogP contribution >= 0.6 is 11.6 Å². The summed E-state index contributed by atoms with van der Waals surface area (Å²) in [4.78, 5) is 28.9. The normalized spacial score (nSPS) is 12.3. The molecule has 0 fully saturated rings. The molecule has 0 unspecified atom stereocenters. The van der Waals surface area contributed by atoms with Crippen molar-refractivity contribution in [1.29, 1.82) is 0 Å². The number of aryl methyl sites for hydroxylation is 1. The predicted octanol–water partition coefficient (Wildman–Crippen LogP) is 7.09. The molecule has 2 amide bonds. The van der Waals surface area contributed by atoms with Gasteiger partial charge in [0.25, 0.3) is 0 Å². The van der Waals surface area contributed by atoms with Crippen molar-refractivity contribution in [3.05, 3.63) is 107 Å². The first-order valence-electron chi connectivity index (χ1n) is 15.8. The van der Waals surface area contributed by atoms with Gasteiger partial charge in [-0.2, -0.15) is 5.10 Å². The molecular formula is C36H38ClF2N5O6S2. The lowest BCUT2D eigenvalue weighted by atomic mass is 10.1. The fourth-order valence-electron chi connectivity index (χ4n) is 4.70. The summed E-state index contributed by atoms with van der Waals surface area (Å²) < 4.78 is 76.2. The average molecular weight is 774 g/mol. The zero-order chi connectivity index (χ0) is 38.8. The van der Waals surface area contributed by atoms with Gasteiger partial charge in [0.1, 0.15) is 31.8 Å². The molecule has 0 saturated heterocycles. The van der Waals surface area contributed by atoms with E-state index in [2.05, 4.69) is 20.7 Å². The minimum absolute atomic E-state index is 0.0462. The quantitative estimate of drug-likeness (QED) is 0.150. The maximum atomic E-state index is 14.0. The first-order chi connectivity index (χ1) is 24.1. The van der Waals surface area contributed by atoms with Gasteiger partial charge in [0.15, 0.2) is 19.7 Å². The summed E-state index contributed by atoms with van der Waals surface area (Å²) >= 11 is 5.81. The molecule has 0 atom stereocenters. The number of benzene rings is 3. The lowest BCUT2D eigenvalue weighted by Gasteiger charge is -2.24. The fraction of sp³-hybridized carbons (Fsp3) is 0.278. The number of para-hydroxylation sites is 1. The summed E-state index contributed by atoms with van der Waals surface area (Å²) in [6.07, 6.45) is 1.40. The van der Waals surface area contributed by atoms with Crippen molar-refractivity contribution in [1.82, 2.24) is 14.8 Å². The number of hydrogen-bond acceptors (Lipinski definition) is 8. The Morgan fingerprint density at radius 2 is 1.40 bits per heavy atom. The van der Waals surface area contributed by atoms with Gasteiger partial charge in [0, 0.05) is 29.6 Å². The molecule has 0 saturated carbocycles. The molecule has 3 aromatic carbocycles. The Labute approximate surface area is 306 Å². The van der Waals surface area contributed by atoms with Crippen molar-refractivity contribution in [2.45, 2.75) is 66.7 Å². The third-order valence-corrected chi connectivity index (χ3v) is 13.4. The standard InChI is InChI=1S/C19H16F2N2O3S.C17H22ClN3O3S/c1-19(2,27(25,26)17-8-7-13(20)10-15(17)21)18(24)23-14-9-12-5-3-4-6-16(12)22-11-14;1-11(2)14-10-15(21(5)20-14)19-16(22)17(3,4)25(23,24)13-8-6-12(18)7-9-13/h3-11H,1-2H3,(H,23,24);6-11H,1-5H3,(H,19,22). The number of carbonyl (C=O) groups is 2. The van der Waals surface area contributed by atoms with Crippen LogP contribution in [0.25, 0.3) is 10.9 Å². The van der Waals surface area contributed by atoms with Gasteiger partial charge >= 0.3 is 0 Å². The number of amides is 2. The van der Waals surface area contributed by atoms with Crippen molar-refractivity contribution < 1.29 is 35.2 Å². The second-order valence-corrected chi connectivity index (χ2v) is 18.5. The Balaban J connectivity index is 0.000000234. The van der Waals surface area contributed by atoms with E-state index in [1.165, 1.54) is 49.0 Å². The summed E-state index contributed by atoms with van der Waals surface area (Å²) in [5, 5.41) is 10.7. The molecular weight excluding hydrogens is 736 g/mol. The van der Waals surface area contributed by atoms with E-state index in [-0.39, 0.29) is 10.8 Å².